The summed E-state index contributed by atoms with van der Waals surface area (Å²) in [4.78, 5) is 33.1. The molecule has 0 unspecified atom stereocenters. The average molecular weight is 287 g/mol. The molecule has 0 saturated carbocycles. The smallest absolute Gasteiger partial charge is 0.419 e. The highest BCUT2D eigenvalue weighted by Crippen LogP contribution is 2.14. The number of nitrogens with one attached hydrogen (secondary N) is 1. The molecular formula is C15H13NO5. The minimum atomic E-state index is -0.776. The van der Waals surface area contributed by atoms with Gasteiger partial charge in [0.25, 0.3) is 5.91 Å². The molecule has 1 N–H and O–H groups in total. The number of rotatable bonds is 4. The van der Waals surface area contributed by atoms with Gasteiger partial charge in [-0.3, -0.25) is 14.9 Å². The zero-order valence-corrected chi connectivity index (χ0v) is 11.3. The van der Waals surface area contributed by atoms with Crippen LogP contribution in [0.4, 0.5) is 4.79 Å². The van der Waals surface area contributed by atoms with Crippen molar-refractivity contribution >= 4 is 24.0 Å². The van der Waals surface area contributed by atoms with Crippen LogP contribution in [0.5, 0.6) is 5.75 Å². The molecule has 6 heteroatoms. The summed E-state index contributed by atoms with van der Waals surface area (Å²) in [5.41, 5.74) is 0.841. The van der Waals surface area contributed by atoms with E-state index in [1.54, 1.807) is 43.3 Å². The van der Waals surface area contributed by atoms with Gasteiger partial charge in [0.05, 0.1) is 0 Å². The second-order valence-electron chi connectivity index (χ2n) is 4.13. The summed E-state index contributed by atoms with van der Waals surface area (Å²) in [6.45, 7) is 1.72. The van der Waals surface area contributed by atoms with Crippen molar-refractivity contribution in [3.8, 4) is 5.75 Å². The first-order valence-corrected chi connectivity index (χ1v) is 6.30. The number of esters is 1. The van der Waals surface area contributed by atoms with E-state index < -0.39 is 12.0 Å². The number of hydrogen-bond donors (Lipinski definition) is 1. The Morgan fingerprint density at radius 3 is 2.57 bits per heavy atom. The maximum absolute atomic E-state index is 11.2. The van der Waals surface area contributed by atoms with E-state index in [-0.39, 0.29) is 11.7 Å². The van der Waals surface area contributed by atoms with Crippen LogP contribution in [-0.4, -0.2) is 18.0 Å². The van der Waals surface area contributed by atoms with E-state index in [0.29, 0.717) is 12.2 Å². The van der Waals surface area contributed by atoms with Crippen molar-refractivity contribution in [1.82, 2.24) is 5.32 Å². The Hall–Kier alpha value is -2.89. The summed E-state index contributed by atoms with van der Waals surface area (Å²) >= 11 is 0. The normalized spacial score (nSPS) is 16.1. The van der Waals surface area contributed by atoms with Crippen LogP contribution in [0.25, 0.3) is 6.08 Å². The van der Waals surface area contributed by atoms with Gasteiger partial charge >= 0.3 is 12.1 Å². The lowest BCUT2D eigenvalue weighted by atomic mass is 10.2. The number of imide groups is 1. The summed E-state index contributed by atoms with van der Waals surface area (Å²) in [5, 5.41) is 2.00. The summed E-state index contributed by atoms with van der Waals surface area (Å²) in [7, 11) is 0. The largest absolute Gasteiger partial charge is 0.427 e. The molecule has 1 aliphatic rings. The number of carbonyl (C=O) groups is 3. The molecule has 21 heavy (non-hydrogen) atoms. The van der Waals surface area contributed by atoms with Crippen molar-refractivity contribution < 1.29 is 23.9 Å². The van der Waals surface area contributed by atoms with Crippen LogP contribution in [0, 0.1) is 0 Å². The molecule has 0 bridgehead atoms. The van der Waals surface area contributed by atoms with Gasteiger partial charge in [-0.1, -0.05) is 31.2 Å². The van der Waals surface area contributed by atoms with Gasteiger partial charge in [0.2, 0.25) is 0 Å². The van der Waals surface area contributed by atoms with Crippen LogP contribution < -0.4 is 10.1 Å². The lowest BCUT2D eigenvalue weighted by Gasteiger charge is -2.02. The Morgan fingerprint density at radius 2 is 2.00 bits per heavy atom. The fraction of sp³-hybridized carbons (Fsp3) is 0.133. The number of hydrogen-bond acceptors (Lipinski definition) is 5. The minimum absolute atomic E-state index is 0.0512. The topological polar surface area (TPSA) is 81.7 Å². The van der Waals surface area contributed by atoms with E-state index in [9.17, 15) is 14.4 Å². The molecule has 0 aromatic heterocycles. The third-order valence-corrected chi connectivity index (χ3v) is 2.58. The Kier molecular flexibility index (Phi) is 4.50. The standard InChI is InChI=1S/C15H13NO5/c1-2-13(17)20-11-8-6-10(7-9-11)4-3-5-12-14(18)16-15(19)21-12/h3-9H,2H2,1H3,(H,16,18,19). The number of carbonyl (C=O) groups excluding carboxylic acids is 3. The fourth-order valence-electron chi connectivity index (χ4n) is 1.53. The summed E-state index contributed by atoms with van der Waals surface area (Å²) < 4.78 is 9.68. The van der Waals surface area contributed by atoms with Crippen molar-refractivity contribution in [2.24, 2.45) is 0 Å². The Balaban J connectivity index is 1.98. The van der Waals surface area contributed by atoms with Crippen LogP contribution in [0.3, 0.4) is 0 Å². The van der Waals surface area contributed by atoms with Gasteiger partial charge in [-0.2, -0.15) is 0 Å². The van der Waals surface area contributed by atoms with E-state index >= 15 is 0 Å². The maximum atomic E-state index is 11.2. The van der Waals surface area contributed by atoms with Crippen molar-refractivity contribution in [1.29, 1.82) is 0 Å². The molecule has 0 atom stereocenters. The highest BCUT2D eigenvalue weighted by atomic mass is 16.6. The van der Waals surface area contributed by atoms with Crippen molar-refractivity contribution in [3.63, 3.8) is 0 Å². The van der Waals surface area contributed by atoms with Gasteiger partial charge in [-0.25, -0.2) is 4.79 Å². The molecule has 1 aromatic carbocycles. The SMILES string of the molecule is CCC(=O)Oc1ccc(C=CC=C2OC(=O)NC2=O)cc1. The Bertz CT molecular complexity index is 628. The van der Waals surface area contributed by atoms with E-state index in [1.165, 1.54) is 6.08 Å². The minimum Gasteiger partial charge on any atom is -0.427 e. The predicted octanol–water partition coefficient (Wildman–Crippen LogP) is 2.17. The quantitative estimate of drug-likeness (QED) is 0.521. The van der Waals surface area contributed by atoms with Crippen molar-refractivity contribution in [2.75, 3.05) is 0 Å². The molecule has 1 aliphatic heterocycles. The number of allylic oxidation sites excluding steroid dienone is 2. The van der Waals surface area contributed by atoms with Crippen LogP contribution in [0.15, 0.2) is 42.2 Å². The zero-order chi connectivity index (χ0) is 15.2. The van der Waals surface area contributed by atoms with Crippen molar-refractivity contribution in [3.05, 3.63) is 47.7 Å². The second kappa shape index (κ2) is 6.51. The lowest BCUT2D eigenvalue weighted by Crippen LogP contribution is -2.18. The number of benzene rings is 1. The van der Waals surface area contributed by atoms with E-state index in [0.717, 1.165) is 5.56 Å². The van der Waals surface area contributed by atoms with E-state index in [1.807, 2.05) is 5.32 Å². The third-order valence-electron chi connectivity index (χ3n) is 2.58. The molecule has 1 fully saturated rings. The first-order valence-electron chi connectivity index (χ1n) is 6.30. The highest BCUT2D eigenvalue weighted by Gasteiger charge is 2.25. The molecule has 108 valence electrons. The molecule has 0 radical (unpaired) electrons. The molecule has 2 rings (SSSR count). The summed E-state index contributed by atoms with van der Waals surface area (Å²) in [5.74, 6) is -0.435. The monoisotopic (exact) mass is 287 g/mol. The van der Waals surface area contributed by atoms with Gasteiger partial charge in [0.15, 0.2) is 5.76 Å². The second-order valence-corrected chi connectivity index (χ2v) is 4.13. The van der Waals surface area contributed by atoms with Crippen LogP contribution in [-0.2, 0) is 14.3 Å². The van der Waals surface area contributed by atoms with E-state index in [2.05, 4.69) is 4.74 Å². The summed E-state index contributed by atoms with van der Waals surface area (Å²) in [6.07, 6.45) is 4.24. The van der Waals surface area contributed by atoms with Gasteiger partial charge in [-0.15, -0.1) is 0 Å². The molecule has 0 aliphatic carbocycles. The van der Waals surface area contributed by atoms with Crippen LogP contribution >= 0.6 is 0 Å². The van der Waals surface area contributed by atoms with Gasteiger partial charge in [0.1, 0.15) is 5.75 Å². The Labute approximate surface area is 121 Å². The lowest BCUT2D eigenvalue weighted by molar-refractivity contribution is -0.134. The van der Waals surface area contributed by atoms with Gasteiger partial charge in [-0.05, 0) is 23.8 Å². The molecular weight excluding hydrogens is 274 g/mol. The van der Waals surface area contributed by atoms with Crippen molar-refractivity contribution in [2.45, 2.75) is 13.3 Å². The maximum Gasteiger partial charge on any atom is 0.419 e. The first kappa shape index (κ1) is 14.5. The molecule has 1 aromatic rings. The van der Waals surface area contributed by atoms with Gasteiger partial charge in [0, 0.05) is 6.42 Å². The third kappa shape index (κ3) is 4.04. The number of cyclic esters (lactones) is 1. The zero-order valence-electron chi connectivity index (χ0n) is 11.3. The van der Waals surface area contributed by atoms with Gasteiger partial charge < -0.3 is 9.47 Å². The molecule has 0 spiro atoms. The highest BCUT2D eigenvalue weighted by molar-refractivity contribution is 6.07. The number of ether oxygens (including phenoxy) is 2. The molecule has 6 nitrogen and oxygen atoms in total. The summed E-state index contributed by atoms with van der Waals surface area (Å²) in [6, 6.07) is 6.85. The van der Waals surface area contributed by atoms with E-state index in [4.69, 9.17) is 4.74 Å². The molecule has 1 saturated heterocycles. The van der Waals surface area contributed by atoms with Crippen LogP contribution in [0.1, 0.15) is 18.9 Å². The fourth-order valence-corrected chi connectivity index (χ4v) is 1.53. The van der Waals surface area contributed by atoms with Crippen LogP contribution in [0.2, 0.25) is 0 Å². The number of alkyl carbamates (subject to hydrolysis) is 1. The number of amides is 2. The molecule has 1 heterocycles. The molecule has 2 amide bonds. The first-order chi connectivity index (χ1) is 10.1. The Morgan fingerprint density at radius 1 is 1.29 bits per heavy atom. The average Bonchev–Trinajstić information content (AvgIpc) is 2.79. The predicted molar refractivity (Wildman–Crippen MR) is 74.1 cm³/mol.